The SMILES string of the molecule is O=C(NCCc1nc(-c2ccccc2)cs1)c1ccc(F)c(F)c1. The molecule has 0 saturated heterocycles. The Morgan fingerprint density at radius 3 is 2.62 bits per heavy atom. The number of thiazole rings is 1. The Balaban J connectivity index is 1.56. The molecule has 0 aliphatic carbocycles. The largest absolute Gasteiger partial charge is 0.352 e. The molecule has 0 bridgehead atoms. The zero-order chi connectivity index (χ0) is 16.9. The second-order valence-electron chi connectivity index (χ2n) is 5.13. The highest BCUT2D eigenvalue weighted by molar-refractivity contribution is 7.09. The van der Waals surface area contributed by atoms with Gasteiger partial charge in [-0.25, -0.2) is 13.8 Å². The Kier molecular flexibility index (Phi) is 4.96. The molecule has 1 heterocycles. The van der Waals surface area contributed by atoms with Crippen LogP contribution in [-0.2, 0) is 6.42 Å². The average Bonchev–Trinajstić information content (AvgIpc) is 3.07. The van der Waals surface area contributed by atoms with Gasteiger partial charge < -0.3 is 5.32 Å². The summed E-state index contributed by atoms with van der Waals surface area (Å²) in [4.78, 5) is 16.4. The zero-order valence-electron chi connectivity index (χ0n) is 12.6. The minimum Gasteiger partial charge on any atom is -0.352 e. The van der Waals surface area contributed by atoms with Crippen LogP contribution in [0.25, 0.3) is 11.3 Å². The number of nitrogens with one attached hydrogen (secondary N) is 1. The number of benzene rings is 2. The van der Waals surface area contributed by atoms with Gasteiger partial charge in [-0.2, -0.15) is 0 Å². The molecule has 0 unspecified atom stereocenters. The number of aromatic nitrogens is 1. The van der Waals surface area contributed by atoms with E-state index < -0.39 is 17.5 Å². The molecule has 24 heavy (non-hydrogen) atoms. The van der Waals surface area contributed by atoms with Gasteiger partial charge in [-0.1, -0.05) is 30.3 Å². The highest BCUT2D eigenvalue weighted by Gasteiger charge is 2.10. The lowest BCUT2D eigenvalue weighted by atomic mass is 10.2. The molecule has 2 aromatic carbocycles. The molecule has 1 aromatic heterocycles. The molecule has 0 saturated carbocycles. The van der Waals surface area contributed by atoms with Gasteiger partial charge in [0.15, 0.2) is 11.6 Å². The molecule has 3 rings (SSSR count). The fraction of sp³-hybridized carbons (Fsp3) is 0.111. The maximum atomic E-state index is 13.1. The second kappa shape index (κ2) is 7.31. The summed E-state index contributed by atoms with van der Waals surface area (Å²) >= 11 is 1.52. The van der Waals surface area contributed by atoms with Gasteiger partial charge in [-0.3, -0.25) is 4.79 Å². The molecule has 0 aliphatic rings. The number of hydrogen-bond acceptors (Lipinski definition) is 3. The summed E-state index contributed by atoms with van der Waals surface area (Å²) in [6.07, 6.45) is 0.576. The van der Waals surface area contributed by atoms with Crippen LogP contribution in [0.5, 0.6) is 0 Å². The highest BCUT2D eigenvalue weighted by Crippen LogP contribution is 2.21. The van der Waals surface area contributed by atoms with Crippen LogP contribution in [0.4, 0.5) is 8.78 Å². The van der Waals surface area contributed by atoms with Crippen LogP contribution < -0.4 is 5.32 Å². The first kappa shape index (κ1) is 16.3. The quantitative estimate of drug-likeness (QED) is 0.758. The molecular formula is C18H14F2N2OS. The molecular weight excluding hydrogens is 330 g/mol. The number of hydrogen-bond donors (Lipinski definition) is 1. The van der Waals surface area contributed by atoms with Crippen LogP contribution >= 0.6 is 11.3 Å². The summed E-state index contributed by atoms with van der Waals surface area (Å²) in [5.74, 6) is -2.44. The van der Waals surface area contributed by atoms with Crippen molar-refractivity contribution >= 4 is 17.2 Å². The summed E-state index contributed by atoms with van der Waals surface area (Å²) < 4.78 is 26.0. The summed E-state index contributed by atoms with van der Waals surface area (Å²) in [5, 5.41) is 5.56. The Labute approximate surface area is 142 Å². The number of rotatable bonds is 5. The van der Waals surface area contributed by atoms with Gasteiger partial charge in [0, 0.05) is 29.5 Å². The molecule has 0 spiro atoms. The van der Waals surface area contributed by atoms with E-state index in [9.17, 15) is 13.6 Å². The van der Waals surface area contributed by atoms with Gasteiger partial charge >= 0.3 is 0 Å². The number of nitrogens with zero attached hydrogens (tertiary/aromatic N) is 1. The lowest BCUT2D eigenvalue weighted by Crippen LogP contribution is -2.25. The zero-order valence-corrected chi connectivity index (χ0v) is 13.4. The minimum absolute atomic E-state index is 0.0954. The van der Waals surface area contributed by atoms with Gasteiger partial charge in [-0.15, -0.1) is 11.3 Å². The Morgan fingerprint density at radius 1 is 1.08 bits per heavy atom. The Hall–Kier alpha value is -2.60. The summed E-state index contributed by atoms with van der Waals surface area (Å²) in [6.45, 7) is 0.375. The molecule has 3 aromatic rings. The molecule has 0 fully saturated rings. The maximum absolute atomic E-state index is 13.1. The Morgan fingerprint density at radius 2 is 1.88 bits per heavy atom. The molecule has 3 nitrogen and oxygen atoms in total. The van der Waals surface area contributed by atoms with Crippen molar-refractivity contribution in [3.8, 4) is 11.3 Å². The fourth-order valence-corrected chi connectivity index (χ4v) is 3.00. The number of carbonyl (C=O) groups excluding carboxylic acids is 1. The van der Waals surface area contributed by atoms with E-state index in [-0.39, 0.29) is 5.56 Å². The van der Waals surface area contributed by atoms with E-state index in [1.165, 1.54) is 17.4 Å². The molecule has 0 atom stereocenters. The van der Waals surface area contributed by atoms with Crippen molar-refractivity contribution in [2.75, 3.05) is 6.54 Å². The van der Waals surface area contributed by atoms with Crippen LogP contribution in [0.15, 0.2) is 53.9 Å². The van der Waals surface area contributed by atoms with Crippen molar-refractivity contribution in [1.82, 2.24) is 10.3 Å². The number of amides is 1. The standard InChI is InChI=1S/C18H14F2N2OS/c19-14-7-6-13(10-15(14)20)18(23)21-9-8-17-22-16(11-24-17)12-4-2-1-3-5-12/h1-7,10-11H,8-9H2,(H,21,23). The summed E-state index contributed by atoms with van der Waals surface area (Å²) in [7, 11) is 0. The molecule has 0 aliphatic heterocycles. The number of carbonyl (C=O) groups is 1. The van der Waals surface area contributed by atoms with Crippen LogP contribution in [-0.4, -0.2) is 17.4 Å². The first-order chi connectivity index (χ1) is 11.6. The third-order valence-corrected chi connectivity index (χ3v) is 4.34. The summed E-state index contributed by atoms with van der Waals surface area (Å²) in [6, 6.07) is 12.9. The average molecular weight is 344 g/mol. The van der Waals surface area contributed by atoms with Crippen molar-refractivity contribution < 1.29 is 13.6 Å². The van der Waals surface area contributed by atoms with Crippen LogP contribution in [0.1, 0.15) is 15.4 Å². The highest BCUT2D eigenvalue weighted by atomic mass is 32.1. The first-order valence-corrected chi connectivity index (χ1v) is 8.24. The third kappa shape index (κ3) is 3.83. The van der Waals surface area contributed by atoms with Crippen molar-refractivity contribution in [3.63, 3.8) is 0 Å². The van der Waals surface area contributed by atoms with E-state index in [1.807, 2.05) is 35.7 Å². The molecule has 122 valence electrons. The van der Waals surface area contributed by atoms with Gasteiger partial charge in [0.1, 0.15) is 0 Å². The number of halogens is 2. The van der Waals surface area contributed by atoms with Crippen molar-refractivity contribution in [3.05, 3.63) is 76.1 Å². The summed E-state index contributed by atoms with van der Waals surface area (Å²) in [5.41, 5.74) is 2.05. The van der Waals surface area contributed by atoms with Crippen LogP contribution in [0.3, 0.4) is 0 Å². The maximum Gasteiger partial charge on any atom is 0.251 e. The molecule has 1 amide bonds. The van der Waals surface area contributed by atoms with E-state index in [2.05, 4.69) is 10.3 Å². The van der Waals surface area contributed by atoms with Gasteiger partial charge in [-0.05, 0) is 18.2 Å². The molecule has 0 radical (unpaired) electrons. The van der Waals surface area contributed by atoms with E-state index >= 15 is 0 Å². The predicted molar refractivity (Wildman–Crippen MR) is 89.9 cm³/mol. The molecule has 1 N–H and O–H groups in total. The predicted octanol–water partition coefficient (Wildman–Crippen LogP) is 4.06. The lowest BCUT2D eigenvalue weighted by Gasteiger charge is -2.04. The van der Waals surface area contributed by atoms with Crippen molar-refractivity contribution in [2.45, 2.75) is 6.42 Å². The van der Waals surface area contributed by atoms with Gasteiger partial charge in [0.2, 0.25) is 0 Å². The molecule has 6 heteroatoms. The van der Waals surface area contributed by atoms with Gasteiger partial charge in [0.05, 0.1) is 10.7 Å². The monoisotopic (exact) mass is 344 g/mol. The smallest absolute Gasteiger partial charge is 0.251 e. The lowest BCUT2D eigenvalue weighted by molar-refractivity contribution is 0.0953. The van der Waals surface area contributed by atoms with E-state index in [0.717, 1.165) is 28.4 Å². The van der Waals surface area contributed by atoms with Gasteiger partial charge in [0.25, 0.3) is 5.91 Å². The normalized spacial score (nSPS) is 10.6. The first-order valence-electron chi connectivity index (χ1n) is 7.36. The van der Waals surface area contributed by atoms with Crippen molar-refractivity contribution in [1.29, 1.82) is 0 Å². The van der Waals surface area contributed by atoms with Crippen LogP contribution in [0.2, 0.25) is 0 Å². The second-order valence-corrected chi connectivity index (χ2v) is 6.07. The van der Waals surface area contributed by atoms with Crippen LogP contribution in [0, 0.1) is 11.6 Å². The van der Waals surface area contributed by atoms with E-state index in [0.29, 0.717) is 13.0 Å². The third-order valence-electron chi connectivity index (χ3n) is 3.43. The van der Waals surface area contributed by atoms with Crippen molar-refractivity contribution in [2.24, 2.45) is 0 Å². The topological polar surface area (TPSA) is 42.0 Å². The fourth-order valence-electron chi connectivity index (χ4n) is 2.19. The van der Waals surface area contributed by atoms with E-state index in [4.69, 9.17) is 0 Å². The minimum atomic E-state index is -1.03. The Bertz CT molecular complexity index is 849. The van der Waals surface area contributed by atoms with E-state index in [1.54, 1.807) is 0 Å².